The van der Waals surface area contributed by atoms with E-state index in [0.717, 1.165) is 16.9 Å². The molecule has 1 atom stereocenters. The van der Waals surface area contributed by atoms with Crippen LogP contribution in [0.1, 0.15) is 6.42 Å². The van der Waals surface area contributed by atoms with Crippen LogP contribution in [0, 0.1) is 5.92 Å². The first-order chi connectivity index (χ1) is 15.0. The normalized spacial score (nSPS) is 16.3. The molecule has 156 valence electrons. The zero-order valence-corrected chi connectivity index (χ0v) is 18.3. The highest BCUT2D eigenvalue weighted by molar-refractivity contribution is 7.15. The molecule has 4 aromatic rings. The lowest BCUT2D eigenvalue weighted by Gasteiger charge is -2.16. The number of nitrogens with one attached hydrogen (secondary N) is 1. The van der Waals surface area contributed by atoms with Gasteiger partial charge in [-0.25, -0.2) is 4.52 Å². The van der Waals surface area contributed by atoms with Crippen molar-refractivity contribution in [3.63, 3.8) is 0 Å². The summed E-state index contributed by atoms with van der Waals surface area (Å²) in [5, 5.41) is 10.4. The lowest BCUT2D eigenvalue weighted by atomic mass is 10.1. The van der Waals surface area contributed by atoms with E-state index in [0.29, 0.717) is 21.6 Å². The number of benzene rings is 2. The Labute approximate surface area is 191 Å². The zero-order chi connectivity index (χ0) is 21.5. The Bertz CT molecular complexity index is 1280. The van der Waals surface area contributed by atoms with E-state index in [2.05, 4.69) is 15.4 Å². The summed E-state index contributed by atoms with van der Waals surface area (Å²) in [6.07, 6.45) is 0.132. The fourth-order valence-corrected chi connectivity index (χ4v) is 4.60. The molecule has 1 unspecified atom stereocenters. The van der Waals surface area contributed by atoms with Crippen LogP contribution in [0.2, 0.25) is 10.0 Å². The molecule has 1 aliphatic rings. The van der Waals surface area contributed by atoms with Crippen LogP contribution < -0.4 is 10.2 Å². The molecular weight excluding hydrogens is 457 g/mol. The predicted molar refractivity (Wildman–Crippen MR) is 122 cm³/mol. The van der Waals surface area contributed by atoms with Crippen molar-refractivity contribution in [3.8, 4) is 11.3 Å². The number of thiazole rings is 1. The molecule has 2 aromatic heterocycles. The van der Waals surface area contributed by atoms with Crippen LogP contribution in [-0.2, 0) is 9.59 Å². The van der Waals surface area contributed by atoms with Crippen molar-refractivity contribution in [3.05, 3.63) is 64.0 Å². The summed E-state index contributed by atoms with van der Waals surface area (Å²) < 4.78 is 1.68. The molecule has 0 aliphatic carbocycles. The van der Waals surface area contributed by atoms with Crippen molar-refractivity contribution in [2.24, 2.45) is 5.92 Å². The topological polar surface area (TPSA) is 79.6 Å². The van der Waals surface area contributed by atoms with Gasteiger partial charge in [0.1, 0.15) is 0 Å². The maximum atomic E-state index is 12.8. The molecule has 1 aliphatic heterocycles. The van der Waals surface area contributed by atoms with Gasteiger partial charge in [-0.3, -0.25) is 14.9 Å². The summed E-state index contributed by atoms with van der Waals surface area (Å²) in [4.78, 5) is 31.8. The van der Waals surface area contributed by atoms with Gasteiger partial charge >= 0.3 is 0 Å². The molecule has 0 bridgehead atoms. The first-order valence-electron chi connectivity index (χ1n) is 9.45. The Morgan fingerprint density at radius 2 is 1.74 bits per heavy atom. The van der Waals surface area contributed by atoms with Crippen molar-refractivity contribution >= 4 is 62.9 Å². The van der Waals surface area contributed by atoms with Crippen molar-refractivity contribution in [2.45, 2.75) is 6.42 Å². The van der Waals surface area contributed by atoms with Gasteiger partial charge in [0.05, 0.1) is 11.6 Å². The Balaban J connectivity index is 1.32. The minimum Gasteiger partial charge on any atom is -0.312 e. The number of rotatable bonds is 4. The third-order valence-corrected chi connectivity index (χ3v) is 6.41. The van der Waals surface area contributed by atoms with E-state index in [4.69, 9.17) is 23.2 Å². The second kappa shape index (κ2) is 7.96. The van der Waals surface area contributed by atoms with Crippen molar-refractivity contribution < 1.29 is 9.59 Å². The standard InChI is InChI=1S/C21H15Cl2N5O2S/c22-14-3-1-12(2-4-14)17-11-31-21-25-20(26-28(17)21)24-19(30)13-9-18(29)27(10-13)16-7-5-15(23)6-8-16/h1-8,11,13H,9-10H2,(H,24,26,30). The van der Waals surface area contributed by atoms with E-state index in [1.54, 1.807) is 33.7 Å². The van der Waals surface area contributed by atoms with Crippen LogP contribution >= 0.6 is 34.5 Å². The van der Waals surface area contributed by atoms with E-state index in [-0.39, 0.29) is 24.2 Å². The number of carbonyl (C=O) groups excluding carboxylic acids is 2. The first-order valence-corrected chi connectivity index (χ1v) is 11.1. The Morgan fingerprint density at radius 3 is 2.45 bits per heavy atom. The Kier molecular flexibility index (Phi) is 5.13. The molecule has 3 heterocycles. The summed E-state index contributed by atoms with van der Waals surface area (Å²) in [5.74, 6) is -0.660. The number of aromatic nitrogens is 3. The van der Waals surface area contributed by atoms with Gasteiger partial charge < -0.3 is 4.90 Å². The van der Waals surface area contributed by atoms with E-state index in [1.165, 1.54) is 11.3 Å². The number of hydrogen-bond acceptors (Lipinski definition) is 5. The number of hydrogen-bond donors (Lipinski definition) is 1. The van der Waals surface area contributed by atoms with E-state index < -0.39 is 5.92 Å². The minimum atomic E-state index is -0.486. The Hall–Kier alpha value is -2.94. The molecule has 0 saturated carbocycles. The summed E-state index contributed by atoms with van der Waals surface area (Å²) in [6, 6.07) is 14.4. The van der Waals surface area contributed by atoms with E-state index in [9.17, 15) is 9.59 Å². The Morgan fingerprint density at radius 1 is 1.06 bits per heavy atom. The fraction of sp³-hybridized carbons (Fsp3) is 0.143. The van der Waals surface area contributed by atoms with E-state index >= 15 is 0 Å². The number of amides is 2. The first kappa shape index (κ1) is 20.0. The third-order valence-electron chi connectivity index (χ3n) is 5.09. The molecule has 7 nitrogen and oxygen atoms in total. The third kappa shape index (κ3) is 3.89. The molecule has 1 N–H and O–H groups in total. The summed E-state index contributed by atoms with van der Waals surface area (Å²) in [5.41, 5.74) is 2.52. The number of nitrogens with zero attached hydrogens (tertiary/aromatic N) is 4. The molecule has 2 amide bonds. The van der Waals surface area contributed by atoms with Gasteiger partial charge in [0.15, 0.2) is 0 Å². The van der Waals surface area contributed by atoms with Crippen LogP contribution in [0.15, 0.2) is 53.9 Å². The molecule has 0 radical (unpaired) electrons. The van der Waals surface area contributed by atoms with Gasteiger partial charge in [0.25, 0.3) is 0 Å². The number of carbonyl (C=O) groups is 2. The fourth-order valence-electron chi connectivity index (χ4n) is 3.52. The quantitative estimate of drug-likeness (QED) is 0.465. The van der Waals surface area contributed by atoms with Crippen LogP contribution in [0.5, 0.6) is 0 Å². The number of halogens is 2. The number of fused-ring (bicyclic) bond motifs is 1. The molecule has 1 saturated heterocycles. The highest BCUT2D eigenvalue weighted by atomic mass is 35.5. The monoisotopic (exact) mass is 471 g/mol. The zero-order valence-electron chi connectivity index (χ0n) is 16.0. The van der Waals surface area contributed by atoms with Gasteiger partial charge in [-0.15, -0.1) is 16.4 Å². The van der Waals surface area contributed by atoms with Crippen molar-refractivity contribution in [2.75, 3.05) is 16.8 Å². The van der Waals surface area contributed by atoms with Crippen LogP contribution in [0.4, 0.5) is 11.6 Å². The number of anilines is 2. The molecular formula is C21H15Cl2N5O2S. The average molecular weight is 472 g/mol. The van der Waals surface area contributed by atoms with Gasteiger partial charge in [0, 0.05) is 39.6 Å². The smallest absolute Gasteiger partial charge is 0.250 e. The van der Waals surface area contributed by atoms with Gasteiger partial charge in [-0.1, -0.05) is 35.3 Å². The molecule has 31 heavy (non-hydrogen) atoms. The maximum Gasteiger partial charge on any atom is 0.250 e. The molecule has 10 heteroatoms. The SMILES string of the molecule is O=C(Nc1nc2scc(-c3ccc(Cl)cc3)n2n1)C1CC(=O)N(c2ccc(Cl)cc2)C1. The van der Waals surface area contributed by atoms with Crippen molar-refractivity contribution in [1.29, 1.82) is 0 Å². The van der Waals surface area contributed by atoms with Gasteiger partial charge in [-0.2, -0.15) is 4.98 Å². The maximum absolute atomic E-state index is 12.8. The lowest BCUT2D eigenvalue weighted by molar-refractivity contribution is -0.122. The molecule has 5 rings (SSSR count). The predicted octanol–water partition coefficient (Wildman–Crippen LogP) is 4.76. The summed E-state index contributed by atoms with van der Waals surface area (Å²) in [6.45, 7) is 0.296. The van der Waals surface area contributed by atoms with Crippen LogP contribution in [0.25, 0.3) is 16.2 Å². The second-order valence-corrected chi connectivity index (χ2v) is 8.84. The lowest BCUT2D eigenvalue weighted by Crippen LogP contribution is -2.28. The largest absolute Gasteiger partial charge is 0.312 e. The van der Waals surface area contributed by atoms with Gasteiger partial charge in [-0.05, 0) is 36.4 Å². The highest BCUT2D eigenvalue weighted by Crippen LogP contribution is 2.29. The molecule has 0 spiro atoms. The van der Waals surface area contributed by atoms with Gasteiger partial charge in [0.2, 0.25) is 22.7 Å². The highest BCUT2D eigenvalue weighted by Gasteiger charge is 2.35. The van der Waals surface area contributed by atoms with E-state index in [1.807, 2.05) is 29.6 Å². The van der Waals surface area contributed by atoms with Crippen molar-refractivity contribution in [1.82, 2.24) is 14.6 Å². The molecule has 1 fully saturated rings. The average Bonchev–Trinajstić information content (AvgIpc) is 3.44. The second-order valence-electron chi connectivity index (χ2n) is 7.13. The van der Waals surface area contributed by atoms with Crippen LogP contribution in [0.3, 0.4) is 0 Å². The summed E-state index contributed by atoms with van der Waals surface area (Å²) >= 11 is 13.3. The minimum absolute atomic E-state index is 0.105. The molecule has 2 aromatic carbocycles. The van der Waals surface area contributed by atoms with Crippen LogP contribution in [-0.4, -0.2) is 33.0 Å². The summed E-state index contributed by atoms with van der Waals surface area (Å²) in [7, 11) is 0.